The molecule has 146 valence electrons. The maximum absolute atomic E-state index is 14.0. The molecule has 0 aromatic heterocycles. The Kier molecular flexibility index (Phi) is 4.65. The van der Waals surface area contributed by atoms with Gasteiger partial charge in [-0.2, -0.15) is 0 Å². The smallest absolute Gasteiger partial charge is 0.314 e. The second kappa shape index (κ2) is 7.00. The fraction of sp³-hybridized carbons (Fsp3) is 0.364. The third kappa shape index (κ3) is 3.17. The summed E-state index contributed by atoms with van der Waals surface area (Å²) in [6.07, 6.45) is 1.24. The molecule has 1 aliphatic heterocycles. The predicted octanol–water partition coefficient (Wildman–Crippen LogP) is 3.71. The van der Waals surface area contributed by atoms with Crippen molar-refractivity contribution >= 4 is 11.9 Å². The quantitative estimate of drug-likeness (QED) is 0.873. The molecular weight excluding hydrogens is 364 g/mol. The molecule has 1 saturated heterocycles. The van der Waals surface area contributed by atoms with Crippen molar-refractivity contribution in [2.45, 2.75) is 30.6 Å². The van der Waals surface area contributed by atoms with Gasteiger partial charge < -0.3 is 10.0 Å². The minimum Gasteiger partial charge on any atom is -0.481 e. The van der Waals surface area contributed by atoms with Crippen molar-refractivity contribution in [2.24, 2.45) is 5.92 Å². The first-order chi connectivity index (χ1) is 13.4. The van der Waals surface area contributed by atoms with Crippen molar-refractivity contribution in [3.05, 3.63) is 71.3 Å². The number of carbonyl (C=O) groups excluding carboxylic acids is 1. The molecule has 1 saturated carbocycles. The van der Waals surface area contributed by atoms with Crippen LogP contribution in [-0.2, 0) is 15.0 Å². The molecule has 2 aromatic carbocycles. The predicted molar refractivity (Wildman–Crippen MR) is 98.8 cm³/mol. The lowest BCUT2D eigenvalue weighted by molar-refractivity contribution is -0.148. The Balaban J connectivity index is 1.44. The summed E-state index contributed by atoms with van der Waals surface area (Å²) in [4.78, 5) is 26.5. The fourth-order valence-electron chi connectivity index (χ4n) is 4.34. The lowest BCUT2D eigenvalue weighted by atomic mass is 9.73. The molecule has 1 aliphatic carbocycles. The molecule has 4 rings (SSSR count). The minimum atomic E-state index is -0.982. The van der Waals surface area contributed by atoms with E-state index in [1.807, 2.05) is 30.3 Å². The lowest BCUT2D eigenvalue weighted by Gasteiger charge is -2.39. The summed E-state index contributed by atoms with van der Waals surface area (Å²) in [5.41, 5.74) is 0.151. The van der Waals surface area contributed by atoms with Crippen molar-refractivity contribution in [3.8, 4) is 0 Å². The number of nitrogens with zero attached hydrogens (tertiary/aromatic N) is 1. The van der Waals surface area contributed by atoms with Crippen LogP contribution >= 0.6 is 0 Å². The molecule has 0 unspecified atom stereocenters. The minimum absolute atomic E-state index is 0.0687. The topological polar surface area (TPSA) is 57.6 Å². The van der Waals surface area contributed by atoms with Gasteiger partial charge in [0.25, 0.3) is 0 Å². The van der Waals surface area contributed by atoms with Crippen LogP contribution in [0.25, 0.3) is 0 Å². The van der Waals surface area contributed by atoms with E-state index in [-0.39, 0.29) is 17.7 Å². The highest BCUT2D eigenvalue weighted by Gasteiger charge is 2.49. The van der Waals surface area contributed by atoms with Crippen LogP contribution in [0.5, 0.6) is 0 Å². The number of aliphatic carboxylic acids is 1. The van der Waals surface area contributed by atoms with Crippen LogP contribution in [0.15, 0.2) is 48.5 Å². The number of rotatable bonds is 4. The summed E-state index contributed by atoms with van der Waals surface area (Å²) in [7, 11) is 0. The Hall–Kier alpha value is -2.76. The van der Waals surface area contributed by atoms with Crippen LogP contribution in [0.2, 0.25) is 0 Å². The second-order valence-electron chi connectivity index (χ2n) is 7.69. The standard InChI is InChI=1S/C22H21F2NO3/c23-15-6-7-16(19(24)12-15)17-13-18(17)20(26)25-10-8-22(9-11-25,21(27)28)14-4-2-1-3-5-14/h1-7,12,17-18H,8-11,13H2,(H,27,28)/t17-,18-/m0/s1. The Morgan fingerprint density at radius 2 is 1.71 bits per heavy atom. The largest absolute Gasteiger partial charge is 0.481 e. The molecule has 1 heterocycles. The van der Waals surface area contributed by atoms with E-state index in [0.29, 0.717) is 37.9 Å². The average Bonchev–Trinajstić information content (AvgIpc) is 3.48. The number of hydrogen-bond donors (Lipinski definition) is 1. The van der Waals surface area contributed by atoms with E-state index >= 15 is 0 Å². The van der Waals surface area contributed by atoms with Gasteiger partial charge >= 0.3 is 5.97 Å². The summed E-state index contributed by atoms with van der Waals surface area (Å²) >= 11 is 0. The van der Waals surface area contributed by atoms with Crippen LogP contribution in [0.4, 0.5) is 8.78 Å². The van der Waals surface area contributed by atoms with E-state index in [0.717, 1.165) is 11.6 Å². The molecule has 1 N–H and O–H groups in total. The van der Waals surface area contributed by atoms with Gasteiger partial charge in [0.1, 0.15) is 11.6 Å². The van der Waals surface area contributed by atoms with Crippen LogP contribution in [-0.4, -0.2) is 35.0 Å². The van der Waals surface area contributed by atoms with Gasteiger partial charge in [-0.15, -0.1) is 0 Å². The monoisotopic (exact) mass is 385 g/mol. The average molecular weight is 385 g/mol. The van der Waals surface area contributed by atoms with Gasteiger partial charge in [0.15, 0.2) is 0 Å². The SMILES string of the molecule is O=C([C@H]1C[C@H]1c1ccc(F)cc1F)N1CCC(C(=O)O)(c2ccccc2)CC1. The number of benzene rings is 2. The molecular formula is C22H21F2NO3. The van der Waals surface area contributed by atoms with Crippen LogP contribution in [0.3, 0.4) is 0 Å². The molecule has 4 nitrogen and oxygen atoms in total. The molecule has 6 heteroatoms. The highest BCUT2D eigenvalue weighted by atomic mass is 19.1. The highest BCUT2D eigenvalue weighted by Crippen LogP contribution is 2.50. The lowest BCUT2D eigenvalue weighted by Crippen LogP contribution is -2.49. The van der Waals surface area contributed by atoms with Gasteiger partial charge in [-0.05, 0) is 42.4 Å². The second-order valence-corrected chi connectivity index (χ2v) is 7.69. The van der Waals surface area contributed by atoms with Crippen molar-refractivity contribution in [2.75, 3.05) is 13.1 Å². The van der Waals surface area contributed by atoms with Crippen LogP contribution in [0, 0.1) is 17.6 Å². The molecule has 28 heavy (non-hydrogen) atoms. The number of piperidine rings is 1. The Morgan fingerprint density at radius 1 is 1.04 bits per heavy atom. The Morgan fingerprint density at radius 3 is 2.32 bits per heavy atom. The first-order valence-electron chi connectivity index (χ1n) is 9.45. The number of carbonyl (C=O) groups is 2. The first-order valence-corrected chi connectivity index (χ1v) is 9.45. The molecule has 0 bridgehead atoms. The van der Waals surface area contributed by atoms with Gasteiger partial charge in [0.05, 0.1) is 5.41 Å². The zero-order valence-electron chi connectivity index (χ0n) is 15.3. The van der Waals surface area contributed by atoms with Gasteiger partial charge in [-0.3, -0.25) is 9.59 Å². The summed E-state index contributed by atoms with van der Waals surface area (Å²) in [5, 5.41) is 9.86. The fourth-order valence-corrected chi connectivity index (χ4v) is 4.34. The van der Waals surface area contributed by atoms with Crippen LogP contribution in [0.1, 0.15) is 36.3 Å². The number of halogens is 2. The Bertz CT molecular complexity index is 907. The zero-order chi connectivity index (χ0) is 19.9. The van der Waals surface area contributed by atoms with Gasteiger partial charge in [0.2, 0.25) is 5.91 Å². The first kappa shape index (κ1) is 18.6. The highest BCUT2D eigenvalue weighted by molar-refractivity contribution is 5.85. The van der Waals surface area contributed by atoms with Crippen LogP contribution < -0.4 is 0 Å². The van der Waals surface area contributed by atoms with Crippen molar-refractivity contribution in [1.82, 2.24) is 4.90 Å². The molecule has 2 atom stereocenters. The molecule has 1 amide bonds. The van der Waals surface area contributed by atoms with Crippen molar-refractivity contribution < 1.29 is 23.5 Å². The van der Waals surface area contributed by atoms with E-state index in [2.05, 4.69) is 0 Å². The number of carboxylic acids is 1. The third-order valence-electron chi connectivity index (χ3n) is 6.13. The third-order valence-corrected chi connectivity index (χ3v) is 6.13. The maximum Gasteiger partial charge on any atom is 0.314 e. The molecule has 2 aromatic rings. The summed E-state index contributed by atoms with van der Waals surface area (Å²) in [6.45, 7) is 0.713. The van der Waals surface area contributed by atoms with Gasteiger partial charge in [-0.1, -0.05) is 36.4 Å². The molecule has 0 spiro atoms. The van der Waals surface area contributed by atoms with Gasteiger partial charge in [0, 0.05) is 25.1 Å². The van der Waals surface area contributed by atoms with E-state index < -0.39 is 23.0 Å². The molecule has 0 radical (unpaired) electrons. The van der Waals surface area contributed by atoms with Gasteiger partial charge in [-0.25, -0.2) is 8.78 Å². The number of amides is 1. The summed E-state index contributed by atoms with van der Waals surface area (Å²) < 4.78 is 27.1. The number of carboxylic acid groups (broad SMARTS) is 1. The Labute approximate surface area is 161 Å². The zero-order valence-corrected chi connectivity index (χ0v) is 15.3. The molecule has 2 fully saturated rings. The van der Waals surface area contributed by atoms with E-state index in [9.17, 15) is 23.5 Å². The number of likely N-dealkylation sites (tertiary alicyclic amines) is 1. The molecule has 2 aliphatic rings. The maximum atomic E-state index is 14.0. The van der Waals surface area contributed by atoms with E-state index in [1.165, 1.54) is 12.1 Å². The normalized spacial score (nSPS) is 23.3. The van der Waals surface area contributed by atoms with E-state index in [4.69, 9.17) is 0 Å². The summed E-state index contributed by atoms with van der Waals surface area (Å²) in [5.74, 6) is -2.73. The number of hydrogen-bond acceptors (Lipinski definition) is 2. The summed E-state index contributed by atoms with van der Waals surface area (Å²) in [6, 6.07) is 12.6. The van der Waals surface area contributed by atoms with Crippen molar-refractivity contribution in [3.63, 3.8) is 0 Å². The van der Waals surface area contributed by atoms with E-state index in [1.54, 1.807) is 4.90 Å². The van der Waals surface area contributed by atoms with Crippen molar-refractivity contribution in [1.29, 1.82) is 0 Å².